The van der Waals surface area contributed by atoms with E-state index < -0.39 is 0 Å². The van der Waals surface area contributed by atoms with Crippen molar-refractivity contribution in [1.29, 1.82) is 0 Å². The molecule has 1 heteroatoms. The number of hydrogen-bond acceptors (Lipinski definition) is 1. The molecule has 18 heavy (non-hydrogen) atoms. The van der Waals surface area contributed by atoms with Gasteiger partial charge in [0.1, 0.15) is 0 Å². The number of likely N-dealkylation sites (N-methyl/N-ethyl adjacent to an activating group) is 1. The Morgan fingerprint density at radius 1 is 1.17 bits per heavy atom. The lowest BCUT2D eigenvalue weighted by Gasteiger charge is -2.34. The molecule has 1 atom stereocenters. The zero-order valence-corrected chi connectivity index (χ0v) is 12.3. The molecule has 0 bridgehead atoms. The molecule has 1 aromatic carbocycles. The van der Waals surface area contributed by atoms with Crippen LogP contribution in [0.25, 0.3) is 0 Å². The SMILES string of the molecule is CNC(Cc1ccc(C)c(C)c1)C1(C)CCCC1. The fourth-order valence-corrected chi connectivity index (χ4v) is 3.39. The van der Waals surface area contributed by atoms with Crippen molar-refractivity contribution in [1.82, 2.24) is 5.32 Å². The largest absolute Gasteiger partial charge is 0.316 e. The summed E-state index contributed by atoms with van der Waals surface area (Å²) in [6.07, 6.45) is 6.73. The third-order valence-electron chi connectivity index (χ3n) is 4.95. The van der Waals surface area contributed by atoms with Gasteiger partial charge in [-0.1, -0.05) is 38.0 Å². The van der Waals surface area contributed by atoms with Crippen LogP contribution in [0.4, 0.5) is 0 Å². The molecular weight excluding hydrogens is 218 g/mol. The first-order chi connectivity index (χ1) is 8.55. The number of rotatable bonds is 4. The van der Waals surface area contributed by atoms with E-state index in [0.29, 0.717) is 11.5 Å². The minimum absolute atomic E-state index is 0.494. The van der Waals surface area contributed by atoms with Crippen LogP contribution < -0.4 is 5.32 Å². The maximum Gasteiger partial charge on any atom is 0.0158 e. The summed E-state index contributed by atoms with van der Waals surface area (Å²) < 4.78 is 0. The van der Waals surface area contributed by atoms with Crippen LogP contribution in [0.5, 0.6) is 0 Å². The molecule has 0 amide bonds. The molecule has 0 heterocycles. The normalized spacial score (nSPS) is 20.0. The second-order valence-corrected chi connectivity index (χ2v) is 6.33. The molecule has 100 valence electrons. The summed E-state index contributed by atoms with van der Waals surface area (Å²) in [6, 6.07) is 7.53. The molecule has 1 aromatic rings. The van der Waals surface area contributed by atoms with E-state index >= 15 is 0 Å². The summed E-state index contributed by atoms with van der Waals surface area (Å²) in [5.41, 5.74) is 4.78. The second kappa shape index (κ2) is 5.44. The zero-order valence-electron chi connectivity index (χ0n) is 12.3. The molecule has 1 nitrogen and oxygen atoms in total. The lowest BCUT2D eigenvalue weighted by Crippen LogP contribution is -2.41. The Morgan fingerprint density at radius 3 is 2.39 bits per heavy atom. The van der Waals surface area contributed by atoms with Gasteiger partial charge in [-0.3, -0.25) is 0 Å². The Morgan fingerprint density at radius 2 is 1.83 bits per heavy atom. The van der Waals surface area contributed by atoms with Gasteiger partial charge in [-0.2, -0.15) is 0 Å². The van der Waals surface area contributed by atoms with Crippen molar-refractivity contribution in [2.45, 2.75) is 58.9 Å². The Hall–Kier alpha value is -0.820. The Labute approximate surface area is 112 Å². The van der Waals surface area contributed by atoms with E-state index in [1.165, 1.54) is 42.4 Å². The molecule has 1 N–H and O–H groups in total. The van der Waals surface area contributed by atoms with Crippen LogP contribution in [-0.2, 0) is 6.42 Å². The van der Waals surface area contributed by atoms with E-state index in [4.69, 9.17) is 0 Å². The molecule has 0 aliphatic heterocycles. The van der Waals surface area contributed by atoms with Gasteiger partial charge in [-0.15, -0.1) is 0 Å². The smallest absolute Gasteiger partial charge is 0.0158 e. The summed E-state index contributed by atoms with van der Waals surface area (Å²) in [7, 11) is 2.12. The van der Waals surface area contributed by atoms with E-state index in [1.54, 1.807) is 0 Å². The van der Waals surface area contributed by atoms with E-state index in [0.717, 1.165) is 6.42 Å². The lowest BCUT2D eigenvalue weighted by molar-refractivity contribution is 0.229. The van der Waals surface area contributed by atoms with E-state index in [-0.39, 0.29) is 0 Å². The monoisotopic (exact) mass is 245 g/mol. The first-order valence-corrected chi connectivity index (χ1v) is 7.28. The van der Waals surface area contributed by atoms with Gasteiger partial charge in [0.15, 0.2) is 0 Å². The maximum absolute atomic E-state index is 3.57. The van der Waals surface area contributed by atoms with Crippen molar-refractivity contribution >= 4 is 0 Å². The van der Waals surface area contributed by atoms with Crippen LogP contribution in [0.3, 0.4) is 0 Å². The van der Waals surface area contributed by atoms with Gasteiger partial charge >= 0.3 is 0 Å². The maximum atomic E-state index is 3.57. The highest BCUT2D eigenvalue weighted by atomic mass is 14.9. The number of nitrogens with one attached hydrogen (secondary N) is 1. The molecule has 1 aliphatic carbocycles. The van der Waals surface area contributed by atoms with Crippen LogP contribution in [0.2, 0.25) is 0 Å². The highest BCUT2D eigenvalue weighted by Gasteiger charge is 2.35. The average Bonchev–Trinajstić information content (AvgIpc) is 2.78. The van der Waals surface area contributed by atoms with Gasteiger partial charge < -0.3 is 5.32 Å². The molecular formula is C17H27N. The summed E-state index contributed by atoms with van der Waals surface area (Å²) in [5.74, 6) is 0. The second-order valence-electron chi connectivity index (χ2n) is 6.33. The number of aryl methyl sites for hydroxylation is 2. The minimum Gasteiger partial charge on any atom is -0.316 e. The van der Waals surface area contributed by atoms with Crippen molar-refractivity contribution in [3.63, 3.8) is 0 Å². The van der Waals surface area contributed by atoms with Gasteiger partial charge in [0.05, 0.1) is 0 Å². The first-order valence-electron chi connectivity index (χ1n) is 7.28. The molecule has 1 aliphatic rings. The quantitative estimate of drug-likeness (QED) is 0.845. The lowest BCUT2D eigenvalue weighted by atomic mass is 9.78. The standard InChI is InChI=1S/C17H27N/c1-13-7-8-15(11-14(13)2)12-16(18-4)17(3)9-5-6-10-17/h7-8,11,16,18H,5-6,9-10,12H2,1-4H3. The van der Waals surface area contributed by atoms with Crippen LogP contribution in [-0.4, -0.2) is 13.1 Å². The first kappa shape index (κ1) is 13.6. The van der Waals surface area contributed by atoms with Crippen molar-refractivity contribution in [2.24, 2.45) is 5.41 Å². The molecule has 0 aromatic heterocycles. The van der Waals surface area contributed by atoms with Crippen molar-refractivity contribution in [3.05, 3.63) is 34.9 Å². The highest BCUT2D eigenvalue weighted by molar-refractivity contribution is 5.30. The van der Waals surface area contributed by atoms with Crippen molar-refractivity contribution in [3.8, 4) is 0 Å². The molecule has 0 spiro atoms. The van der Waals surface area contributed by atoms with Crippen LogP contribution in [0.1, 0.15) is 49.3 Å². The average molecular weight is 245 g/mol. The van der Waals surface area contributed by atoms with Gasteiger partial charge in [-0.25, -0.2) is 0 Å². The predicted octanol–water partition coefficient (Wildman–Crippen LogP) is 4.01. The molecule has 0 saturated heterocycles. The molecule has 1 fully saturated rings. The van der Waals surface area contributed by atoms with Gasteiger partial charge in [0.25, 0.3) is 0 Å². The van der Waals surface area contributed by atoms with Crippen molar-refractivity contribution in [2.75, 3.05) is 7.05 Å². The summed E-state index contributed by atoms with van der Waals surface area (Å²) in [5, 5.41) is 3.57. The van der Waals surface area contributed by atoms with E-state index in [1.807, 2.05) is 0 Å². The minimum atomic E-state index is 0.494. The third-order valence-corrected chi connectivity index (χ3v) is 4.95. The molecule has 1 unspecified atom stereocenters. The summed E-state index contributed by atoms with van der Waals surface area (Å²) >= 11 is 0. The third kappa shape index (κ3) is 2.77. The summed E-state index contributed by atoms with van der Waals surface area (Å²) in [6.45, 7) is 6.86. The highest BCUT2D eigenvalue weighted by Crippen LogP contribution is 2.41. The van der Waals surface area contributed by atoms with Crippen LogP contribution >= 0.6 is 0 Å². The fraction of sp³-hybridized carbons (Fsp3) is 0.647. The Balaban J connectivity index is 2.12. The van der Waals surface area contributed by atoms with E-state index in [2.05, 4.69) is 51.3 Å². The van der Waals surface area contributed by atoms with E-state index in [9.17, 15) is 0 Å². The van der Waals surface area contributed by atoms with Crippen LogP contribution in [0.15, 0.2) is 18.2 Å². The van der Waals surface area contributed by atoms with Crippen LogP contribution in [0, 0.1) is 19.3 Å². The summed E-state index contributed by atoms with van der Waals surface area (Å²) in [4.78, 5) is 0. The van der Waals surface area contributed by atoms with Gasteiger partial charge in [0, 0.05) is 6.04 Å². The molecule has 0 radical (unpaired) electrons. The Bertz CT molecular complexity index is 402. The zero-order chi connectivity index (χ0) is 13.2. The molecule has 2 rings (SSSR count). The number of benzene rings is 1. The number of hydrogen-bond donors (Lipinski definition) is 1. The topological polar surface area (TPSA) is 12.0 Å². The van der Waals surface area contributed by atoms with Gasteiger partial charge in [0.2, 0.25) is 0 Å². The van der Waals surface area contributed by atoms with Gasteiger partial charge in [-0.05, 0) is 62.3 Å². The predicted molar refractivity (Wildman–Crippen MR) is 79.0 cm³/mol. The molecule has 1 saturated carbocycles. The fourth-order valence-electron chi connectivity index (χ4n) is 3.39. The Kier molecular flexibility index (Phi) is 4.11. The van der Waals surface area contributed by atoms with Crippen molar-refractivity contribution < 1.29 is 0 Å².